The van der Waals surface area contributed by atoms with E-state index < -0.39 is 0 Å². The van der Waals surface area contributed by atoms with Crippen LogP contribution in [0.25, 0.3) is 28.2 Å². The zero-order chi connectivity index (χ0) is 22.8. The summed E-state index contributed by atoms with van der Waals surface area (Å²) >= 11 is 7.65. The van der Waals surface area contributed by atoms with Crippen molar-refractivity contribution in [2.75, 3.05) is 7.11 Å². The molecule has 3 heterocycles. The maximum atomic E-state index is 12.5. The summed E-state index contributed by atoms with van der Waals surface area (Å²) in [6.45, 7) is 0. The minimum atomic E-state index is -0.202. The highest BCUT2D eigenvalue weighted by Gasteiger charge is 2.24. The van der Waals surface area contributed by atoms with Crippen molar-refractivity contribution < 1.29 is 9.53 Å². The molecule has 1 saturated heterocycles. The van der Waals surface area contributed by atoms with Gasteiger partial charge in [0.1, 0.15) is 0 Å². The molecule has 1 fully saturated rings. The second kappa shape index (κ2) is 9.05. The Bertz CT molecular complexity index is 1450. The first-order chi connectivity index (χ1) is 16.1. The number of carbonyl (C=O) groups is 1. The monoisotopic (exact) mass is 472 g/mol. The molecule has 5 rings (SSSR count). The zero-order valence-corrected chi connectivity index (χ0v) is 19.0. The number of methoxy groups -OCH3 is 1. The Morgan fingerprint density at radius 2 is 2.00 bits per heavy atom. The van der Waals surface area contributed by atoms with Crippen LogP contribution in [0, 0.1) is 0 Å². The second-order valence-electron chi connectivity index (χ2n) is 7.17. The van der Waals surface area contributed by atoms with Crippen LogP contribution in [0.4, 0.5) is 5.69 Å². The average Bonchev–Trinajstić information content (AvgIpc) is 3.18. The number of ether oxygens (including phenoxy) is 1. The van der Waals surface area contributed by atoms with Crippen LogP contribution < -0.4 is 10.1 Å². The number of nitrogens with zero attached hydrogens (tertiary/aromatic N) is 3. The van der Waals surface area contributed by atoms with Crippen LogP contribution in [0.15, 0.2) is 82.8 Å². The highest BCUT2D eigenvalue weighted by molar-refractivity contribution is 8.18. The van der Waals surface area contributed by atoms with E-state index in [0.29, 0.717) is 26.7 Å². The van der Waals surface area contributed by atoms with Crippen molar-refractivity contribution in [3.05, 3.63) is 88.4 Å². The topological polar surface area (TPSA) is 76.5 Å². The summed E-state index contributed by atoms with van der Waals surface area (Å²) in [5, 5.41) is 4.77. The molecule has 2 aromatic heterocycles. The SMILES string of the molecule is COc1cccc(-c2ccc(Cl)c(N=C3NC(=O)/C(=C/c4ccc5ncccc5c4)S3)c2)n1. The minimum Gasteiger partial charge on any atom is -0.481 e. The highest BCUT2D eigenvalue weighted by Crippen LogP contribution is 2.34. The number of amidine groups is 1. The van der Waals surface area contributed by atoms with Crippen molar-refractivity contribution in [3.63, 3.8) is 0 Å². The van der Waals surface area contributed by atoms with Crippen LogP contribution in [0.1, 0.15) is 5.56 Å². The zero-order valence-electron chi connectivity index (χ0n) is 17.4. The van der Waals surface area contributed by atoms with Gasteiger partial charge in [-0.1, -0.05) is 35.9 Å². The van der Waals surface area contributed by atoms with Crippen molar-refractivity contribution in [1.82, 2.24) is 15.3 Å². The molecule has 0 saturated carbocycles. The molecule has 0 atom stereocenters. The van der Waals surface area contributed by atoms with E-state index >= 15 is 0 Å². The molecule has 4 aromatic rings. The fourth-order valence-electron chi connectivity index (χ4n) is 3.37. The number of carbonyl (C=O) groups excluding carboxylic acids is 1. The molecule has 162 valence electrons. The molecule has 1 aliphatic heterocycles. The van der Waals surface area contributed by atoms with E-state index in [1.165, 1.54) is 11.8 Å². The van der Waals surface area contributed by atoms with Gasteiger partial charge in [0, 0.05) is 23.2 Å². The highest BCUT2D eigenvalue weighted by atomic mass is 35.5. The molecule has 0 spiro atoms. The Morgan fingerprint density at radius 3 is 2.88 bits per heavy atom. The third-order valence-electron chi connectivity index (χ3n) is 4.97. The Morgan fingerprint density at radius 1 is 1.09 bits per heavy atom. The number of halogens is 1. The van der Waals surface area contributed by atoms with Crippen LogP contribution in [-0.2, 0) is 4.79 Å². The first-order valence-electron chi connectivity index (χ1n) is 10.0. The fourth-order valence-corrected chi connectivity index (χ4v) is 4.37. The van der Waals surface area contributed by atoms with Gasteiger partial charge in [0.05, 0.1) is 33.9 Å². The number of hydrogen-bond acceptors (Lipinski definition) is 6. The van der Waals surface area contributed by atoms with Gasteiger partial charge >= 0.3 is 0 Å². The van der Waals surface area contributed by atoms with Crippen LogP contribution >= 0.6 is 23.4 Å². The van der Waals surface area contributed by atoms with Crippen LogP contribution in [-0.4, -0.2) is 28.2 Å². The molecule has 1 aliphatic rings. The van der Waals surface area contributed by atoms with Crippen LogP contribution in [0.5, 0.6) is 5.88 Å². The van der Waals surface area contributed by atoms with E-state index in [0.717, 1.165) is 27.7 Å². The molecule has 0 bridgehead atoms. The number of aromatic nitrogens is 2. The second-order valence-corrected chi connectivity index (χ2v) is 8.61. The molecule has 6 nitrogen and oxygen atoms in total. The van der Waals surface area contributed by atoms with Crippen LogP contribution in [0.2, 0.25) is 5.02 Å². The van der Waals surface area contributed by atoms with Crippen molar-refractivity contribution in [2.45, 2.75) is 0 Å². The lowest BCUT2D eigenvalue weighted by Gasteiger charge is -2.06. The predicted molar refractivity (Wildman–Crippen MR) is 134 cm³/mol. The van der Waals surface area contributed by atoms with E-state index in [1.807, 2.05) is 60.7 Å². The molecule has 0 unspecified atom stereocenters. The molecule has 2 aromatic carbocycles. The summed E-state index contributed by atoms with van der Waals surface area (Å²) in [6, 6.07) is 20.8. The van der Waals surface area contributed by atoms with Gasteiger partial charge in [-0.3, -0.25) is 9.78 Å². The number of rotatable bonds is 4. The van der Waals surface area contributed by atoms with E-state index in [4.69, 9.17) is 16.3 Å². The normalized spacial score (nSPS) is 15.9. The quantitative estimate of drug-likeness (QED) is 0.377. The smallest absolute Gasteiger partial charge is 0.264 e. The summed E-state index contributed by atoms with van der Waals surface area (Å²) in [5.74, 6) is 0.319. The standard InChI is InChI=1S/C25H17ClN4O2S/c1-32-23-6-2-5-20(28-23)17-8-9-18(26)21(14-17)29-25-30-24(31)22(33-25)13-15-7-10-19-16(12-15)4-3-11-27-19/h2-14H,1H3,(H,29,30,31)/b22-13-. The summed E-state index contributed by atoms with van der Waals surface area (Å²) < 4.78 is 5.21. The van der Waals surface area contributed by atoms with Crippen molar-refractivity contribution >= 4 is 57.1 Å². The lowest BCUT2D eigenvalue weighted by Crippen LogP contribution is -2.19. The Hall–Kier alpha value is -3.68. The van der Waals surface area contributed by atoms with E-state index in [1.54, 1.807) is 25.4 Å². The lowest BCUT2D eigenvalue weighted by molar-refractivity contribution is -0.115. The van der Waals surface area contributed by atoms with Gasteiger partial charge in [0.15, 0.2) is 5.17 Å². The molecule has 1 N–H and O–H groups in total. The number of aliphatic imine (C=N–C) groups is 1. The molecule has 8 heteroatoms. The van der Waals surface area contributed by atoms with Gasteiger partial charge in [0.25, 0.3) is 5.91 Å². The average molecular weight is 473 g/mol. The number of fused-ring (bicyclic) bond motifs is 1. The van der Waals surface area contributed by atoms with Crippen molar-refractivity contribution in [2.24, 2.45) is 4.99 Å². The number of amides is 1. The first kappa shape index (κ1) is 21.2. The number of hydrogen-bond donors (Lipinski definition) is 1. The Balaban J connectivity index is 1.43. The van der Waals surface area contributed by atoms with E-state index in [2.05, 4.69) is 20.3 Å². The summed E-state index contributed by atoms with van der Waals surface area (Å²) in [5.41, 5.74) is 3.94. The third kappa shape index (κ3) is 4.60. The van der Waals surface area contributed by atoms with Gasteiger partial charge < -0.3 is 10.1 Å². The number of nitrogens with one attached hydrogen (secondary N) is 1. The Labute approximate surface area is 199 Å². The molecule has 0 aliphatic carbocycles. The molecule has 33 heavy (non-hydrogen) atoms. The van der Waals surface area contributed by atoms with Gasteiger partial charge in [0.2, 0.25) is 5.88 Å². The first-order valence-corrected chi connectivity index (χ1v) is 11.2. The maximum Gasteiger partial charge on any atom is 0.264 e. The molecular weight excluding hydrogens is 456 g/mol. The van der Waals surface area contributed by atoms with Gasteiger partial charge in [-0.2, -0.15) is 0 Å². The number of benzene rings is 2. The molecule has 1 amide bonds. The largest absolute Gasteiger partial charge is 0.481 e. The van der Waals surface area contributed by atoms with E-state index in [-0.39, 0.29) is 5.91 Å². The summed E-state index contributed by atoms with van der Waals surface area (Å²) in [4.78, 5) is 26.5. The van der Waals surface area contributed by atoms with Crippen LogP contribution in [0.3, 0.4) is 0 Å². The number of pyridine rings is 2. The lowest BCUT2D eigenvalue weighted by atomic mass is 10.1. The summed E-state index contributed by atoms with van der Waals surface area (Å²) in [7, 11) is 1.57. The fraction of sp³-hybridized carbons (Fsp3) is 0.0400. The van der Waals surface area contributed by atoms with Crippen molar-refractivity contribution in [1.29, 1.82) is 0 Å². The van der Waals surface area contributed by atoms with Gasteiger partial charge in [-0.25, -0.2) is 9.98 Å². The van der Waals surface area contributed by atoms with Gasteiger partial charge in [-0.15, -0.1) is 0 Å². The Kier molecular flexibility index (Phi) is 5.81. The third-order valence-corrected chi connectivity index (χ3v) is 6.20. The minimum absolute atomic E-state index is 0.202. The van der Waals surface area contributed by atoms with Crippen molar-refractivity contribution in [3.8, 4) is 17.1 Å². The predicted octanol–water partition coefficient (Wildman–Crippen LogP) is 5.85. The van der Waals surface area contributed by atoms with E-state index in [9.17, 15) is 4.79 Å². The molecular formula is C25H17ClN4O2S. The number of thioether (sulfide) groups is 1. The maximum absolute atomic E-state index is 12.5. The summed E-state index contributed by atoms with van der Waals surface area (Å²) in [6.07, 6.45) is 3.60. The molecule has 0 radical (unpaired) electrons. The van der Waals surface area contributed by atoms with Gasteiger partial charge in [-0.05, 0) is 59.8 Å².